The molecule has 37 heavy (non-hydrogen) atoms. The van der Waals surface area contributed by atoms with E-state index < -0.39 is 36.3 Å². The number of para-hydroxylation sites is 1. The molecule has 0 aliphatic carbocycles. The molecule has 0 unspecified atom stereocenters. The maximum absolute atomic E-state index is 13.7. The number of carbonyl (C=O) groups is 3. The number of unbranched alkanes of at least 4 members (excludes halogenated alkanes) is 1. The summed E-state index contributed by atoms with van der Waals surface area (Å²) in [6.45, 7) is 2.42. The van der Waals surface area contributed by atoms with Crippen LogP contribution in [0.3, 0.4) is 0 Å². The molecule has 3 amide bonds. The van der Waals surface area contributed by atoms with Gasteiger partial charge in [0.05, 0.1) is 6.54 Å². The number of benzene rings is 1. The Kier molecular flexibility index (Phi) is 11.6. The second-order valence-corrected chi connectivity index (χ2v) is 10.2. The minimum Gasteiger partial charge on any atom is -0.465 e. The van der Waals surface area contributed by atoms with Gasteiger partial charge in [-0.3, -0.25) is 4.79 Å². The monoisotopic (exact) mass is 541 g/mol. The van der Waals surface area contributed by atoms with Crippen LogP contribution >= 0.6 is 11.3 Å². The zero-order valence-electron chi connectivity index (χ0n) is 21.0. The summed E-state index contributed by atoms with van der Waals surface area (Å²) in [5.74, 6) is -0.477. The summed E-state index contributed by atoms with van der Waals surface area (Å²) in [4.78, 5) is 39.3. The molecule has 12 heteroatoms. The van der Waals surface area contributed by atoms with Crippen LogP contribution < -0.4 is 15.4 Å². The number of alkyl carbamates (subject to hydrolysis) is 1. The number of halogens is 2. The smallest absolute Gasteiger partial charge is 0.408 e. The Labute approximate surface area is 218 Å². The lowest BCUT2D eigenvalue weighted by molar-refractivity contribution is -0.135. The van der Waals surface area contributed by atoms with Crippen molar-refractivity contribution in [2.45, 2.75) is 71.4 Å². The summed E-state index contributed by atoms with van der Waals surface area (Å²) in [6.07, 6.45) is -0.819. The first-order valence-corrected chi connectivity index (χ1v) is 12.6. The van der Waals surface area contributed by atoms with E-state index in [-0.39, 0.29) is 31.8 Å². The van der Waals surface area contributed by atoms with E-state index in [9.17, 15) is 23.2 Å². The summed E-state index contributed by atoms with van der Waals surface area (Å²) in [6, 6.07) is 8.92. The van der Waals surface area contributed by atoms with Crippen LogP contribution in [0.15, 0.2) is 41.8 Å². The lowest BCUT2D eigenvalue weighted by Gasteiger charge is -2.29. The molecule has 1 heterocycles. The van der Waals surface area contributed by atoms with E-state index in [2.05, 4.69) is 15.4 Å². The van der Waals surface area contributed by atoms with E-state index in [1.54, 1.807) is 39.0 Å². The third-order valence-corrected chi connectivity index (χ3v) is 5.83. The highest BCUT2D eigenvalue weighted by Crippen LogP contribution is 2.24. The summed E-state index contributed by atoms with van der Waals surface area (Å²) in [5, 5.41) is 15.5. The molecular formula is C25H33F2N3O6S. The molecule has 1 aromatic carbocycles. The van der Waals surface area contributed by atoms with E-state index in [0.29, 0.717) is 18.4 Å². The summed E-state index contributed by atoms with van der Waals surface area (Å²) in [5.41, 5.74) is -0.403. The van der Waals surface area contributed by atoms with Crippen molar-refractivity contribution < 1.29 is 37.7 Å². The zero-order chi connectivity index (χ0) is 27.4. The highest BCUT2D eigenvalue weighted by molar-refractivity contribution is 7.09. The minimum atomic E-state index is -3.02. The van der Waals surface area contributed by atoms with Crippen LogP contribution in [0.2, 0.25) is 0 Å². The fourth-order valence-corrected chi connectivity index (χ4v) is 4.17. The number of nitrogens with one attached hydrogen (secondary N) is 2. The molecule has 0 spiro atoms. The quantitative estimate of drug-likeness (QED) is 0.300. The Morgan fingerprint density at radius 2 is 1.81 bits per heavy atom. The van der Waals surface area contributed by atoms with Gasteiger partial charge < -0.3 is 30.1 Å². The molecule has 9 nitrogen and oxygen atoms in total. The molecule has 0 fully saturated rings. The van der Waals surface area contributed by atoms with Crippen LogP contribution in [0.5, 0.6) is 5.75 Å². The number of hydrogen-bond donors (Lipinski definition) is 3. The predicted molar refractivity (Wildman–Crippen MR) is 135 cm³/mol. The van der Waals surface area contributed by atoms with Crippen molar-refractivity contribution in [3.63, 3.8) is 0 Å². The number of carbonyl (C=O) groups excluding carboxylic acids is 2. The Hall–Kier alpha value is -3.41. The van der Waals surface area contributed by atoms with E-state index in [0.717, 1.165) is 4.88 Å². The molecule has 0 aliphatic rings. The molecule has 3 N–H and O–H groups in total. The van der Waals surface area contributed by atoms with Gasteiger partial charge in [0.25, 0.3) is 0 Å². The first-order valence-electron chi connectivity index (χ1n) is 11.7. The molecule has 0 aliphatic heterocycles. The van der Waals surface area contributed by atoms with Crippen molar-refractivity contribution in [1.82, 2.24) is 15.5 Å². The van der Waals surface area contributed by atoms with E-state index in [1.165, 1.54) is 22.3 Å². The van der Waals surface area contributed by atoms with Gasteiger partial charge in [-0.2, -0.15) is 8.78 Å². The van der Waals surface area contributed by atoms with Gasteiger partial charge in [0.15, 0.2) is 0 Å². The number of thiophene rings is 1. The van der Waals surface area contributed by atoms with Crippen molar-refractivity contribution in [2.24, 2.45) is 0 Å². The highest BCUT2D eigenvalue weighted by Gasteiger charge is 2.29. The standard InChI is InChI=1S/C25H33F2N3O6S/c1-25(2,3)36-24(34)29-19(11-6-7-13-28-23(32)33)21(31)30(16-18-10-8-14-37-18)15-17-9-4-5-12-20(17)35-22(26)27/h4-5,8-10,12,14,19,22,28H,6-7,11,13,15-16H2,1-3H3,(H,29,34)(H,32,33)/t19-/m0/s1. The summed E-state index contributed by atoms with van der Waals surface area (Å²) < 4.78 is 35.9. The highest BCUT2D eigenvalue weighted by atomic mass is 32.1. The number of ether oxygens (including phenoxy) is 2. The van der Waals surface area contributed by atoms with Gasteiger partial charge >= 0.3 is 18.8 Å². The van der Waals surface area contributed by atoms with Crippen molar-refractivity contribution in [3.8, 4) is 5.75 Å². The molecule has 0 saturated carbocycles. The number of carboxylic acid groups (broad SMARTS) is 1. The Balaban J connectivity index is 2.27. The van der Waals surface area contributed by atoms with Crippen LogP contribution in [-0.2, 0) is 22.6 Å². The molecular weight excluding hydrogens is 508 g/mol. The van der Waals surface area contributed by atoms with E-state index in [1.807, 2.05) is 17.5 Å². The molecule has 2 aromatic rings. The molecule has 204 valence electrons. The molecule has 0 radical (unpaired) electrons. The number of hydrogen-bond acceptors (Lipinski definition) is 6. The molecule has 1 atom stereocenters. The topological polar surface area (TPSA) is 117 Å². The fraction of sp³-hybridized carbons (Fsp3) is 0.480. The number of rotatable bonds is 13. The Morgan fingerprint density at radius 1 is 1.08 bits per heavy atom. The lowest BCUT2D eigenvalue weighted by Crippen LogP contribution is -2.49. The van der Waals surface area contributed by atoms with Crippen LogP contribution in [0.1, 0.15) is 50.5 Å². The normalized spacial score (nSPS) is 12.1. The van der Waals surface area contributed by atoms with Crippen LogP contribution in [0.4, 0.5) is 18.4 Å². The second-order valence-electron chi connectivity index (χ2n) is 9.19. The lowest BCUT2D eigenvalue weighted by atomic mass is 10.1. The van der Waals surface area contributed by atoms with Gasteiger partial charge in [0, 0.05) is 23.5 Å². The van der Waals surface area contributed by atoms with Crippen molar-refractivity contribution in [3.05, 3.63) is 52.2 Å². The predicted octanol–water partition coefficient (Wildman–Crippen LogP) is 5.21. The summed E-state index contributed by atoms with van der Waals surface area (Å²) >= 11 is 1.43. The van der Waals surface area contributed by atoms with Crippen molar-refractivity contribution >= 4 is 29.4 Å². The third kappa shape index (κ3) is 11.5. The Bertz CT molecular complexity index is 1010. The van der Waals surface area contributed by atoms with Gasteiger partial charge in [0.1, 0.15) is 17.4 Å². The SMILES string of the molecule is CC(C)(C)OC(=O)N[C@@H](CCCCNC(=O)O)C(=O)N(Cc1cccs1)Cc1ccccc1OC(F)F. The molecule has 2 rings (SSSR count). The summed E-state index contributed by atoms with van der Waals surface area (Å²) in [7, 11) is 0. The number of amides is 3. The number of nitrogens with zero attached hydrogens (tertiary/aromatic N) is 1. The van der Waals surface area contributed by atoms with E-state index >= 15 is 0 Å². The maximum atomic E-state index is 13.7. The fourth-order valence-electron chi connectivity index (χ4n) is 3.45. The molecule has 1 aromatic heterocycles. The van der Waals surface area contributed by atoms with Gasteiger partial charge in [0.2, 0.25) is 5.91 Å². The Morgan fingerprint density at radius 3 is 2.43 bits per heavy atom. The molecule has 0 saturated heterocycles. The van der Waals surface area contributed by atoms with Crippen LogP contribution in [-0.4, -0.2) is 52.9 Å². The van der Waals surface area contributed by atoms with E-state index in [4.69, 9.17) is 9.84 Å². The zero-order valence-corrected chi connectivity index (χ0v) is 21.9. The van der Waals surface area contributed by atoms with Gasteiger partial charge in [-0.1, -0.05) is 24.3 Å². The molecule has 0 bridgehead atoms. The third-order valence-electron chi connectivity index (χ3n) is 4.97. The van der Waals surface area contributed by atoms with Crippen molar-refractivity contribution in [2.75, 3.05) is 6.54 Å². The van der Waals surface area contributed by atoms with Crippen molar-refractivity contribution in [1.29, 1.82) is 0 Å². The largest absolute Gasteiger partial charge is 0.465 e. The first-order chi connectivity index (χ1) is 17.4. The first kappa shape index (κ1) is 29.8. The average molecular weight is 542 g/mol. The van der Waals surface area contributed by atoms with Crippen LogP contribution in [0.25, 0.3) is 0 Å². The average Bonchev–Trinajstić information content (AvgIpc) is 3.30. The van der Waals surface area contributed by atoms with Gasteiger partial charge in [-0.25, -0.2) is 9.59 Å². The van der Waals surface area contributed by atoms with Crippen LogP contribution in [0, 0.1) is 0 Å². The second kappa shape index (κ2) is 14.4. The van der Waals surface area contributed by atoms with Gasteiger partial charge in [-0.15, -0.1) is 11.3 Å². The number of alkyl halides is 2. The van der Waals surface area contributed by atoms with Gasteiger partial charge in [-0.05, 0) is 57.5 Å². The minimum absolute atomic E-state index is 0.0350. The maximum Gasteiger partial charge on any atom is 0.408 e.